The Bertz CT molecular complexity index is 486. The Balaban J connectivity index is 1.96. The second kappa shape index (κ2) is 5.58. The van der Waals surface area contributed by atoms with E-state index in [1.807, 2.05) is 19.1 Å². The van der Waals surface area contributed by atoms with E-state index in [1.54, 1.807) is 13.3 Å². The van der Waals surface area contributed by atoms with Crippen LogP contribution in [0.4, 0.5) is 5.13 Å². The van der Waals surface area contributed by atoms with Gasteiger partial charge >= 0.3 is 0 Å². The molecule has 1 N–H and O–H groups in total. The van der Waals surface area contributed by atoms with Gasteiger partial charge in [-0.05, 0) is 11.6 Å². The highest BCUT2D eigenvalue weighted by atomic mass is 32.1. The summed E-state index contributed by atoms with van der Waals surface area (Å²) < 4.78 is 9.28. The standard InChI is InChI=1S/C11H14N4OS/c1-3-9-14-11(17-15-9)13-7-8-4-5-12-10(6-8)16-2/h4-6H,3,7H2,1-2H3,(H,13,14,15). The Kier molecular flexibility index (Phi) is 3.87. The molecule has 0 saturated heterocycles. The number of rotatable bonds is 5. The summed E-state index contributed by atoms with van der Waals surface area (Å²) in [5, 5.41) is 4.07. The Morgan fingerprint density at radius 2 is 2.35 bits per heavy atom. The molecule has 0 amide bonds. The third kappa shape index (κ3) is 3.13. The number of nitrogens with zero attached hydrogens (tertiary/aromatic N) is 3. The van der Waals surface area contributed by atoms with E-state index in [1.165, 1.54) is 11.5 Å². The average molecular weight is 250 g/mol. The van der Waals surface area contributed by atoms with Gasteiger partial charge in [-0.3, -0.25) is 0 Å². The van der Waals surface area contributed by atoms with E-state index in [2.05, 4.69) is 19.7 Å². The molecule has 6 heteroatoms. The molecule has 0 aliphatic heterocycles. The van der Waals surface area contributed by atoms with Crippen molar-refractivity contribution in [2.75, 3.05) is 12.4 Å². The van der Waals surface area contributed by atoms with Gasteiger partial charge in [0.25, 0.3) is 0 Å². The molecule has 0 unspecified atom stereocenters. The van der Waals surface area contributed by atoms with Crippen LogP contribution >= 0.6 is 11.5 Å². The summed E-state index contributed by atoms with van der Waals surface area (Å²) in [6.45, 7) is 2.73. The lowest BCUT2D eigenvalue weighted by molar-refractivity contribution is 0.397. The fourth-order valence-electron chi connectivity index (χ4n) is 1.32. The number of hydrogen-bond acceptors (Lipinski definition) is 6. The quantitative estimate of drug-likeness (QED) is 0.880. The summed E-state index contributed by atoms with van der Waals surface area (Å²) in [4.78, 5) is 8.39. The van der Waals surface area contributed by atoms with Crippen molar-refractivity contribution in [3.63, 3.8) is 0 Å². The maximum absolute atomic E-state index is 5.06. The van der Waals surface area contributed by atoms with E-state index in [4.69, 9.17) is 4.74 Å². The van der Waals surface area contributed by atoms with Gasteiger partial charge in [0.1, 0.15) is 5.82 Å². The van der Waals surface area contributed by atoms with Crippen molar-refractivity contribution < 1.29 is 4.74 Å². The summed E-state index contributed by atoms with van der Waals surface area (Å²) >= 11 is 1.38. The summed E-state index contributed by atoms with van der Waals surface area (Å²) in [6, 6.07) is 3.84. The van der Waals surface area contributed by atoms with Gasteiger partial charge in [0.05, 0.1) is 7.11 Å². The van der Waals surface area contributed by atoms with Crippen molar-refractivity contribution in [3.8, 4) is 5.88 Å². The molecule has 17 heavy (non-hydrogen) atoms. The number of hydrogen-bond donors (Lipinski definition) is 1. The van der Waals surface area contributed by atoms with Gasteiger partial charge in [-0.15, -0.1) is 0 Å². The Hall–Kier alpha value is -1.69. The number of methoxy groups -OCH3 is 1. The van der Waals surface area contributed by atoms with Crippen molar-refractivity contribution in [2.45, 2.75) is 19.9 Å². The summed E-state index contributed by atoms with van der Waals surface area (Å²) in [7, 11) is 1.61. The molecule has 0 aliphatic carbocycles. The highest BCUT2D eigenvalue weighted by Crippen LogP contribution is 2.14. The molecule has 0 bridgehead atoms. The molecule has 0 aromatic carbocycles. The van der Waals surface area contributed by atoms with Crippen molar-refractivity contribution in [1.29, 1.82) is 0 Å². The van der Waals surface area contributed by atoms with Gasteiger partial charge in [0.2, 0.25) is 11.0 Å². The monoisotopic (exact) mass is 250 g/mol. The first-order valence-electron chi connectivity index (χ1n) is 5.37. The van der Waals surface area contributed by atoms with E-state index in [9.17, 15) is 0 Å². The predicted octanol–water partition coefficient (Wildman–Crippen LogP) is 2.12. The molecular weight excluding hydrogens is 236 g/mol. The van der Waals surface area contributed by atoms with E-state index < -0.39 is 0 Å². The van der Waals surface area contributed by atoms with Crippen LogP contribution in [0.3, 0.4) is 0 Å². The second-order valence-corrected chi connectivity index (χ2v) is 4.18. The summed E-state index contributed by atoms with van der Waals surface area (Å²) in [5.41, 5.74) is 1.10. The van der Waals surface area contributed by atoms with Crippen LogP contribution in [-0.4, -0.2) is 21.5 Å². The minimum absolute atomic E-state index is 0.621. The van der Waals surface area contributed by atoms with Crippen molar-refractivity contribution in [1.82, 2.24) is 14.3 Å². The van der Waals surface area contributed by atoms with E-state index in [0.29, 0.717) is 12.4 Å². The van der Waals surface area contributed by atoms with Crippen LogP contribution in [0.25, 0.3) is 0 Å². The highest BCUT2D eigenvalue weighted by Gasteiger charge is 2.02. The van der Waals surface area contributed by atoms with Gasteiger partial charge in [-0.25, -0.2) is 9.97 Å². The van der Waals surface area contributed by atoms with Gasteiger partial charge in [0, 0.05) is 36.8 Å². The van der Waals surface area contributed by atoms with Crippen molar-refractivity contribution in [3.05, 3.63) is 29.7 Å². The van der Waals surface area contributed by atoms with Crippen molar-refractivity contribution in [2.24, 2.45) is 0 Å². The van der Waals surface area contributed by atoms with Crippen LogP contribution in [0, 0.1) is 0 Å². The molecule has 2 rings (SSSR count). The number of ether oxygens (including phenoxy) is 1. The molecule has 5 nitrogen and oxygen atoms in total. The van der Waals surface area contributed by atoms with E-state index >= 15 is 0 Å². The first-order valence-corrected chi connectivity index (χ1v) is 6.14. The van der Waals surface area contributed by atoms with Crippen molar-refractivity contribution >= 4 is 16.7 Å². The molecule has 0 radical (unpaired) electrons. The SMILES string of the molecule is CCc1nsc(NCc2ccnc(OC)c2)n1. The van der Waals surface area contributed by atoms with Crippen LogP contribution in [0.15, 0.2) is 18.3 Å². The molecule has 0 fully saturated rings. The van der Waals surface area contributed by atoms with Crippen LogP contribution < -0.4 is 10.1 Å². The topological polar surface area (TPSA) is 59.9 Å². The molecule has 0 spiro atoms. The highest BCUT2D eigenvalue weighted by molar-refractivity contribution is 7.09. The summed E-state index contributed by atoms with van der Waals surface area (Å²) in [6.07, 6.45) is 2.59. The second-order valence-electron chi connectivity index (χ2n) is 3.43. The molecular formula is C11H14N4OS. The molecule has 90 valence electrons. The van der Waals surface area contributed by atoms with E-state index in [-0.39, 0.29) is 0 Å². The zero-order valence-electron chi connectivity index (χ0n) is 9.80. The lowest BCUT2D eigenvalue weighted by Crippen LogP contribution is -2.00. The minimum atomic E-state index is 0.621. The Morgan fingerprint density at radius 1 is 1.47 bits per heavy atom. The zero-order valence-corrected chi connectivity index (χ0v) is 10.6. The van der Waals surface area contributed by atoms with Gasteiger partial charge in [-0.2, -0.15) is 4.37 Å². The van der Waals surface area contributed by atoms with Crippen LogP contribution in [0.1, 0.15) is 18.3 Å². The Labute approximate surface area is 104 Å². The zero-order chi connectivity index (χ0) is 12.1. The largest absolute Gasteiger partial charge is 0.481 e. The lowest BCUT2D eigenvalue weighted by Gasteiger charge is -2.03. The Morgan fingerprint density at radius 3 is 3.06 bits per heavy atom. The number of aromatic nitrogens is 3. The number of pyridine rings is 1. The predicted molar refractivity (Wildman–Crippen MR) is 67.4 cm³/mol. The lowest BCUT2D eigenvalue weighted by atomic mass is 10.3. The molecule has 2 heterocycles. The average Bonchev–Trinajstić information content (AvgIpc) is 2.84. The first kappa shape index (κ1) is 11.8. The van der Waals surface area contributed by atoms with Gasteiger partial charge in [0.15, 0.2) is 0 Å². The normalized spacial score (nSPS) is 10.2. The van der Waals surface area contributed by atoms with Gasteiger partial charge < -0.3 is 10.1 Å². The van der Waals surface area contributed by atoms with Crippen LogP contribution in [-0.2, 0) is 13.0 Å². The third-order valence-electron chi connectivity index (χ3n) is 2.24. The number of aryl methyl sites for hydroxylation is 1. The molecule has 2 aromatic rings. The third-order valence-corrected chi connectivity index (χ3v) is 2.95. The molecule has 0 aliphatic rings. The molecule has 2 aromatic heterocycles. The summed E-state index contributed by atoms with van der Waals surface area (Å²) in [5.74, 6) is 1.50. The van der Waals surface area contributed by atoms with Crippen LogP contribution in [0.2, 0.25) is 0 Å². The fraction of sp³-hybridized carbons (Fsp3) is 0.364. The smallest absolute Gasteiger partial charge is 0.213 e. The molecule has 0 atom stereocenters. The number of nitrogens with one attached hydrogen (secondary N) is 1. The fourth-order valence-corrected chi connectivity index (χ4v) is 1.96. The first-order chi connectivity index (χ1) is 8.31. The van der Waals surface area contributed by atoms with Crippen LogP contribution in [0.5, 0.6) is 5.88 Å². The van der Waals surface area contributed by atoms with E-state index in [0.717, 1.165) is 22.9 Å². The maximum Gasteiger partial charge on any atom is 0.213 e. The number of anilines is 1. The minimum Gasteiger partial charge on any atom is -0.481 e. The maximum atomic E-state index is 5.06. The molecule has 0 saturated carbocycles. The van der Waals surface area contributed by atoms with Gasteiger partial charge in [-0.1, -0.05) is 6.92 Å².